The molecule has 154 valence electrons. The van der Waals surface area contributed by atoms with Crippen LogP contribution in [0, 0.1) is 10.1 Å². The van der Waals surface area contributed by atoms with Crippen molar-refractivity contribution in [3.8, 4) is 0 Å². The smallest absolute Gasteiger partial charge is 0.319 e. The Kier molecular flexibility index (Phi) is 4.53. The van der Waals surface area contributed by atoms with Crippen molar-refractivity contribution in [2.45, 2.75) is 31.8 Å². The van der Waals surface area contributed by atoms with Gasteiger partial charge in [-0.05, 0) is 37.5 Å². The highest BCUT2D eigenvalue weighted by molar-refractivity contribution is 6.11. The molecule has 2 aliphatic heterocycles. The quantitative estimate of drug-likeness (QED) is 0.474. The van der Waals surface area contributed by atoms with Gasteiger partial charge in [-0.25, -0.2) is 4.79 Å². The molecule has 2 heterocycles. The number of hydrogen-bond acceptors (Lipinski definition) is 5. The average molecular weight is 408 g/mol. The number of nitrogens with one attached hydrogen (secondary N) is 1. The number of anilines is 1. The molecule has 0 bridgehead atoms. The molecule has 9 heteroatoms. The van der Waals surface area contributed by atoms with E-state index in [0.717, 1.165) is 16.2 Å². The summed E-state index contributed by atoms with van der Waals surface area (Å²) in [7, 11) is 0. The van der Waals surface area contributed by atoms with Crippen molar-refractivity contribution < 1.29 is 19.3 Å². The standard InChI is InChI=1S/C21H20N4O5/c1-13-10-14-6-3-4-9-17(14)24(13)18(26)12-23-19(27)21(2,22-20(23)28)15-7-5-8-16(11-15)25(29)30/h3-9,11,13H,10,12H2,1-2H3,(H,22,28). The first-order valence-electron chi connectivity index (χ1n) is 9.51. The molecule has 0 aromatic heterocycles. The SMILES string of the molecule is CC1Cc2ccccc2N1C(=O)CN1C(=O)NC(C)(c2cccc([N+](=O)[O-])c2)C1=O. The van der Waals surface area contributed by atoms with Gasteiger partial charge in [0.15, 0.2) is 0 Å². The van der Waals surface area contributed by atoms with Crippen LogP contribution in [-0.2, 0) is 21.5 Å². The van der Waals surface area contributed by atoms with Crippen molar-refractivity contribution in [3.05, 3.63) is 69.8 Å². The lowest BCUT2D eigenvalue weighted by molar-refractivity contribution is -0.385. The molecule has 2 atom stereocenters. The number of nitro benzene ring substituents is 1. The van der Waals surface area contributed by atoms with Crippen molar-refractivity contribution in [1.29, 1.82) is 0 Å². The van der Waals surface area contributed by atoms with E-state index in [1.807, 2.05) is 31.2 Å². The Morgan fingerprint density at radius 2 is 1.97 bits per heavy atom. The van der Waals surface area contributed by atoms with Gasteiger partial charge in [0.1, 0.15) is 12.1 Å². The topological polar surface area (TPSA) is 113 Å². The second-order valence-electron chi connectivity index (χ2n) is 7.70. The fourth-order valence-corrected chi connectivity index (χ4v) is 4.12. The summed E-state index contributed by atoms with van der Waals surface area (Å²) >= 11 is 0. The van der Waals surface area contributed by atoms with Gasteiger partial charge in [-0.1, -0.05) is 30.3 Å². The van der Waals surface area contributed by atoms with Crippen molar-refractivity contribution in [2.24, 2.45) is 0 Å². The third-order valence-electron chi connectivity index (χ3n) is 5.68. The molecule has 4 rings (SSSR count). The Hall–Kier alpha value is -3.75. The second-order valence-corrected chi connectivity index (χ2v) is 7.70. The third kappa shape index (κ3) is 2.99. The van der Waals surface area contributed by atoms with Crippen LogP contribution in [-0.4, -0.2) is 40.3 Å². The molecule has 2 aromatic rings. The van der Waals surface area contributed by atoms with E-state index in [0.29, 0.717) is 6.42 Å². The lowest BCUT2D eigenvalue weighted by Crippen LogP contribution is -2.46. The number of benzene rings is 2. The molecule has 1 N–H and O–H groups in total. The van der Waals surface area contributed by atoms with Gasteiger partial charge in [0.25, 0.3) is 11.6 Å². The number of nitro groups is 1. The molecule has 2 aliphatic rings. The predicted octanol–water partition coefficient (Wildman–Crippen LogP) is 2.34. The monoisotopic (exact) mass is 408 g/mol. The van der Waals surface area contributed by atoms with E-state index in [1.165, 1.54) is 31.2 Å². The first kappa shape index (κ1) is 19.6. The minimum Gasteiger partial charge on any atom is -0.319 e. The number of rotatable bonds is 4. The number of urea groups is 1. The van der Waals surface area contributed by atoms with Gasteiger partial charge in [0.05, 0.1) is 4.92 Å². The summed E-state index contributed by atoms with van der Waals surface area (Å²) in [4.78, 5) is 51.7. The Balaban J connectivity index is 1.59. The first-order valence-corrected chi connectivity index (χ1v) is 9.51. The Morgan fingerprint density at radius 1 is 1.23 bits per heavy atom. The zero-order valence-electron chi connectivity index (χ0n) is 16.5. The van der Waals surface area contributed by atoms with Crippen molar-refractivity contribution in [1.82, 2.24) is 10.2 Å². The molecule has 0 saturated carbocycles. The maximum atomic E-state index is 13.1. The van der Waals surface area contributed by atoms with Crippen LogP contribution >= 0.6 is 0 Å². The zero-order valence-corrected chi connectivity index (χ0v) is 16.5. The van der Waals surface area contributed by atoms with Crippen LogP contribution in [0.2, 0.25) is 0 Å². The van der Waals surface area contributed by atoms with Crippen molar-refractivity contribution in [2.75, 3.05) is 11.4 Å². The molecule has 9 nitrogen and oxygen atoms in total. The number of carbonyl (C=O) groups excluding carboxylic acids is 3. The number of fused-ring (bicyclic) bond motifs is 1. The number of para-hydroxylation sites is 1. The summed E-state index contributed by atoms with van der Waals surface area (Å²) in [5.41, 5.74) is 0.427. The van der Waals surface area contributed by atoms with Crippen LogP contribution in [0.15, 0.2) is 48.5 Å². The maximum absolute atomic E-state index is 13.1. The molecule has 0 radical (unpaired) electrons. The fraction of sp³-hybridized carbons (Fsp3) is 0.286. The largest absolute Gasteiger partial charge is 0.325 e. The highest BCUT2D eigenvalue weighted by Gasteiger charge is 2.50. The number of nitrogens with zero attached hydrogens (tertiary/aromatic N) is 3. The number of imide groups is 1. The molecule has 1 fully saturated rings. The van der Waals surface area contributed by atoms with Crippen molar-refractivity contribution in [3.63, 3.8) is 0 Å². The van der Waals surface area contributed by atoms with Crippen LogP contribution in [0.25, 0.3) is 0 Å². The minimum atomic E-state index is -1.49. The number of amides is 4. The van der Waals surface area contributed by atoms with Crippen molar-refractivity contribution >= 4 is 29.2 Å². The Labute approximate surface area is 172 Å². The normalized spacial score (nSPS) is 22.8. The van der Waals surface area contributed by atoms with Gasteiger partial charge in [0, 0.05) is 23.9 Å². The number of hydrogen-bond donors (Lipinski definition) is 1. The van der Waals surface area contributed by atoms with E-state index in [1.54, 1.807) is 4.90 Å². The molecule has 4 amide bonds. The first-order chi connectivity index (χ1) is 14.2. The molecule has 2 aromatic carbocycles. The molecule has 0 aliphatic carbocycles. The molecule has 0 spiro atoms. The second kappa shape index (κ2) is 6.94. The van der Waals surface area contributed by atoms with Gasteiger partial charge in [0.2, 0.25) is 5.91 Å². The summed E-state index contributed by atoms with van der Waals surface area (Å²) in [6.07, 6.45) is 0.702. The number of non-ortho nitro benzene ring substituents is 1. The summed E-state index contributed by atoms with van der Waals surface area (Å²) in [5, 5.41) is 13.7. The Morgan fingerprint density at radius 3 is 2.70 bits per heavy atom. The van der Waals surface area contributed by atoms with Gasteiger partial charge in [-0.2, -0.15) is 0 Å². The van der Waals surface area contributed by atoms with E-state index in [9.17, 15) is 24.5 Å². The minimum absolute atomic E-state index is 0.0844. The maximum Gasteiger partial charge on any atom is 0.325 e. The van der Waals surface area contributed by atoms with E-state index in [-0.39, 0.29) is 23.2 Å². The van der Waals surface area contributed by atoms with E-state index >= 15 is 0 Å². The molecular weight excluding hydrogens is 388 g/mol. The molecular formula is C21H20N4O5. The number of carbonyl (C=O) groups is 3. The van der Waals surface area contributed by atoms with Crippen LogP contribution in [0.5, 0.6) is 0 Å². The molecule has 1 saturated heterocycles. The lowest BCUT2D eigenvalue weighted by atomic mass is 9.91. The van der Waals surface area contributed by atoms with Crippen LogP contribution in [0.3, 0.4) is 0 Å². The van der Waals surface area contributed by atoms with Gasteiger partial charge < -0.3 is 10.2 Å². The summed E-state index contributed by atoms with van der Waals surface area (Å²) in [6, 6.07) is 12.3. The summed E-state index contributed by atoms with van der Waals surface area (Å²) in [6.45, 7) is 2.98. The molecule has 30 heavy (non-hydrogen) atoms. The fourth-order valence-electron chi connectivity index (χ4n) is 4.12. The van der Waals surface area contributed by atoms with E-state index in [2.05, 4.69) is 5.32 Å². The predicted molar refractivity (Wildman–Crippen MR) is 108 cm³/mol. The highest BCUT2D eigenvalue weighted by atomic mass is 16.6. The molecule has 2 unspecified atom stereocenters. The van der Waals surface area contributed by atoms with Crippen LogP contribution < -0.4 is 10.2 Å². The summed E-state index contributed by atoms with van der Waals surface area (Å²) < 4.78 is 0. The summed E-state index contributed by atoms with van der Waals surface area (Å²) in [5.74, 6) is -0.985. The van der Waals surface area contributed by atoms with Gasteiger partial charge in [-0.3, -0.25) is 24.6 Å². The van der Waals surface area contributed by atoms with Crippen LogP contribution in [0.1, 0.15) is 25.0 Å². The van der Waals surface area contributed by atoms with Gasteiger partial charge in [-0.15, -0.1) is 0 Å². The lowest BCUT2D eigenvalue weighted by Gasteiger charge is -2.25. The third-order valence-corrected chi connectivity index (χ3v) is 5.68. The van der Waals surface area contributed by atoms with E-state index in [4.69, 9.17) is 0 Å². The average Bonchev–Trinajstić information content (AvgIpc) is 3.16. The Bertz CT molecular complexity index is 1080. The van der Waals surface area contributed by atoms with Crippen LogP contribution in [0.4, 0.5) is 16.2 Å². The zero-order chi connectivity index (χ0) is 21.6. The van der Waals surface area contributed by atoms with Gasteiger partial charge >= 0.3 is 6.03 Å². The highest BCUT2D eigenvalue weighted by Crippen LogP contribution is 2.34. The van der Waals surface area contributed by atoms with E-state index < -0.39 is 28.9 Å².